The Morgan fingerprint density at radius 2 is 2.07 bits per heavy atom. The number of piperidine rings is 1. The molecule has 6 nitrogen and oxygen atoms in total. The van der Waals surface area contributed by atoms with Gasteiger partial charge in [-0.3, -0.25) is 4.79 Å². The second kappa shape index (κ2) is 7.85. The summed E-state index contributed by atoms with van der Waals surface area (Å²) in [5.74, 6) is -2.08. The Balaban J connectivity index is 1.54. The van der Waals surface area contributed by atoms with E-state index < -0.39 is 11.6 Å². The number of hydrogen-bond donors (Lipinski definition) is 2. The van der Waals surface area contributed by atoms with Gasteiger partial charge in [0.1, 0.15) is 12.7 Å². The molecule has 1 amide bonds. The standard InChI is InChI=1S/C20H19F2N5O/c21-17-5-4-13(9-18(17)22)16-6-7-23-10-19(16)26-20(28)14-2-1-3-15(8-14)27-12-24-11-25-27/h1-5,8-9,11-12,16,19,23H,6-7,10H2,(H,26,28). The normalized spacial score (nSPS) is 19.4. The van der Waals surface area contributed by atoms with E-state index in [1.54, 1.807) is 35.3 Å². The van der Waals surface area contributed by atoms with Crippen LogP contribution in [0.3, 0.4) is 0 Å². The Hall–Kier alpha value is -3.13. The zero-order valence-corrected chi connectivity index (χ0v) is 15.0. The number of nitrogens with one attached hydrogen (secondary N) is 2. The van der Waals surface area contributed by atoms with Gasteiger partial charge in [0, 0.05) is 24.1 Å². The van der Waals surface area contributed by atoms with E-state index in [0.717, 1.165) is 24.7 Å². The molecular weight excluding hydrogens is 364 g/mol. The van der Waals surface area contributed by atoms with Gasteiger partial charge < -0.3 is 10.6 Å². The Morgan fingerprint density at radius 1 is 1.18 bits per heavy atom. The molecule has 0 aliphatic carbocycles. The minimum absolute atomic E-state index is 0.0983. The summed E-state index contributed by atoms with van der Waals surface area (Å²) >= 11 is 0. The lowest BCUT2D eigenvalue weighted by Gasteiger charge is -2.33. The van der Waals surface area contributed by atoms with E-state index >= 15 is 0 Å². The van der Waals surface area contributed by atoms with Gasteiger partial charge in [-0.1, -0.05) is 12.1 Å². The number of nitrogens with zero attached hydrogens (tertiary/aromatic N) is 3. The molecule has 2 unspecified atom stereocenters. The van der Waals surface area contributed by atoms with E-state index in [1.165, 1.54) is 12.4 Å². The molecule has 3 aromatic rings. The number of halogens is 2. The van der Waals surface area contributed by atoms with Crippen molar-refractivity contribution in [3.63, 3.8) is 0 Å². The first-order chi connectivity index (χ1) is 13.6. The van der Waals surface area contributed by atoms with Crippen molar-refractivity contribution in [3.05, 3.63) is 77.9 Å². The van der Waals surface area contributed by atoms with Crippen LogP contribution in [0.25, 0.3) is 5.69 Å². The van der Waals surface area contributed by atoms with Crippen LogP contribution < -0.4 is 10.6 Å². The third-order valence-corrected chi connectivity index (χ3v) is 4.96. The van der Waals surface area contributed by atoms with E-state index in [0.29, 0.717) is 17.7 Å². The average Bonchev–Trinajstić information content (AvgIpc) is 3.26. The Kier molecular flexibility index (Phi) is 5.12. The summed E-state index contributed by atoms with van der Waals surface area (Å²) in [4.78, 5) is 16.7. The largest absolute Gasteiger partial charge is 0.347 e. The van der Waals surface area contributed by atoms with Gasteiger partial charge in [0.15, 0.2) is 11.6 Å². The molecule has 1 aliphatic heterocycles. The molecule has 8 heteroatoms. The van der Waals surface area contributed by atoms with Gasteiger partial charge in [0.2, 0.25) is 0 Å². The molecule has 0 radical (unpaired) electrons. The van der Waals surface area contributed by atoms with Crippen LogP contribution in [0.2, 0.25) is 0 Å². The molecule has 2 atom stereocenters. The second-order valence-corrected chi connectivity index (χ2v) is 6.74. The molecule has 1 aromatic heterocycles. The maximum absolute atomic E-state index is 13.7. The summed E-state index contributed by atoms with van der Waals surface area (Å²) in [5, 5.41) is 10.3. The average molecular weight is 383 g/mol. The molecule has 28 heavy (non-hydrogen) atoms. The zero-order chi connectivity index (χ0) is 19.5. The van der Waals surface area contributed by atoms with Crippen LogP contribution in [0.4, 0.5) is 8.78 Å². The quantitative estimate of drug-likeness (QED) is 0.726. The number of hydrogen-bond acceptors (Lipinski definition) is 4. The number of aromatic nitrogens is 3. The maximum atomic E-state index is 13.7. The highest BCUT2D eigenvalue weighted by Gasteiger charge is 2.28. The zero-order valence-electron chi connectivity index (χ0n) is 15.0. The monoisotopic (exact) mass is 383 g/mol. The summed E-state index contributed by atoms with van der Waals surface area (Å²) in [6.07, 6.45) is 3.70. The topological polar surface area (TPSA) is 71.8 Å². The van der Waals surface area contributed by atoms with Gasteiger partial charge in [-0.05, 0) is 48.9 Å². The van der Waals surface area contributed by atoms with E-state index in [-0.39, 0.29) is 17.9 Å². The van der Waals surface area contributed by atoms with Crippen molar-refractivity contribution in [2.45, 2.75) is 18.4 Å². The predicted octanol–water partition coefficient (Wildman–Crippen LogP) is 2.42. The Bertz CT molecular complexity index is 976. The van der Waals surface area contributed by atoms with E-state index in [2.05, 4.69) is 20.7 Å². The SMILES string of the molecule is O=C(NC1CNCCC1c1ccc(F)c(F)c1)c1cccc(-n2cncn2)c1. The number of carbonyl (C=O) groups excluding carboxylic acids is 1. The lowest BCUT2D eigenvalue weighted by Crippen LogP contribution is -2.50. The fourth-order valence-electron chi connectivity index (χ4n) is 3.54. The van der Waals surface area contributed by atoms with E-state index in [1.807, 2.05) is 6.07 Å². The first-order valence-electron chi connectivity index (χ1n) is 9.03. The minimum atomic E-state index is -0.873. The predicted molar refractivity (Wildman–Crippen MR) is 99.2 cm³/mol. The first kappa shape index (κ1) is 18.2. The van der Waals surface area contributed by atoms with Crippen molar-refractivity contribution in [1.29, 1.82) is 0 Å². The molecule has 1 aliphatic rings. The van der Waals surface area contributed by atoms with Crippen LogP contribution in [0.1, 0.15) is 28.3 Å². The molecule has 1 saturated heterocycles. The maximum Gasteiger partial charge on any atom is 0.251 e. The number of benzene rings is 2. The van der Waals surface area contributed by atoms with Crippen LogP contribution in [0.15, 0.2) is 55.1 Å². The van der Waals surface area contributed by atoms with Gasteiger partial charge in [-0.15, -0.1) is 0 Å². The Morgan fingerprint density at radius 3 is 2.86 bits per heavy atom. The molecular formula is C20H19F2N5O. The first-order valence-corrected chi connectivity index (χ1v) is 9.03. The second-order valence-electron chi connectivity index (χ2n) is 6.74. The fourth-order valence-corrected chi connectivity index (χ4v) is 3.54. The third kappa shape index (κ3) is 3.77. The highest BCUT2D eigenvalue weighted by atomic mass is 19.2. The highest BCUT2D eigenvalue weighted by Crippen LogP contribution is 2.27. The van der Waals surface area contributed by atoms with Crippen molar-refractivity contribution >= 4 is 5.91 Å². The molecule has 4 rings (SSSR count). The van der Waals surface area contributed by atoms with Crippen molar-refractivity contribution in [3.8, 4) is 5.69 Å². The molecule has 144 valence electrons. The van der Waals surface area contributed by atoms with Gasteiger partial charge >= 0.3 is 0 Å². The molecule has 0 spiro atoms. The number of carbonyl (C=O) groups is 1. The summed E-state index contributed by atoms with van der Waals surface area (Å²) in [5.41, 5.74) is 1.90. The third-order valence-electron chi connectivity index (χ3n) is 4.96. The Labute approximate surface area is 160 Å². The molecule has 0 bridgehead atoms. The summed E-state index contributed by atoms with van der Waals surface area (Å²) in [6.45, 7) is 1.30. The van der Waals surface area contributed by atoms with Crippen LogP contribution in [0, 0.1) is 11.6 Å². The van der Waals surface area contributed by atoms with Crippen molar-refractivity contribution in [2.24, 2.45) is 0 Å². The van der Waals surface area contributed by atoms with Crippen molar-refractivity contribution < 1.29 is 13.6 Å². The van der Waals surface area contributed by atoms with Crippen LogP contribution in [-0.2, 0) is 0 Å². The van der Waals surface area contributed by atoms with Crippen LogP contribution >= 0.6 is 0 Å². The van der Waals surface area contributed by atoms with Gasteiger partial charge in [0.25, 0.3) is 5.91 Å². The lowest BCUT2D eigenvalue weighted by atomic mass is 9.85. The van der Waals surface area contributed by atoms with E-state index in [9.17, 15) is 13.6 Å². The molecule has 1 fully saturated rings. The minimum Gasteiger partial charge on any atom is -0.347 e. The van der Waals surface area contributed by atoms with Crippen LogP contribution in [0.5, 0.6) is 0 Å². The smallest absolute Gasteiger partial charge is 0.251 e. The molecule has 2 N–H and O–H groups in total. The van der Waals surface area contributed by atoms with E-state index in [4.69, 9.17) is 0 Å². The highest BCUT2D eigenvalue weighted by molar-refractivity contribution is 5.95. The van der Waals surface area contributed by atoms with Gasteiger partial charge in [-0.25, -0.2) is 18.4 Å². The van der Waals surface area contributed by atoms with Crippen LogP contribution in [-0.4, -0.2) is 39.8 Å². The van der Waals surface area contributed by atoms with Gasteiger partial charge in [0.05, 0.1) is 5.69 Å². The molecule has 2 aromatic carbocycles. The number of rotatable bonds is 4. The van der Waals surface area contributed by atoms with Crippen molar-refractivity contribution in [2.75, 3.05) is 13.1 Å². The molecule has 0 saturated carbocycles. The molecule has 2 heterocycles. The fraction of sp³-hybridized carbons (Fsp3) is 0.250. The summed E-state index contributed by atoms with van der Waals surface area (Å²) in [6, 6.07) is 10.8. The van der Waals surface area contributed by atoms with Crippen molar-refractivity contribution in [1.82, 2.24) is 25.4 Å². The van der Waals surface area contributed by atoms with Gasteiger partial charge in [-0.2, -0.15) is 5.10 Å². The number of amides is 1. The summed E-state index contributed by atoms with van der Waals surface area (Å²) in [7, 11) is 0. The lowest BCUT2D eigenvalue weighted by molar-refractivity contribution is 0.0924. The summed E-state index contributed by atoms with van der Waals surface area (Å²) < 4.78 is 28.5.